The van der Waals surface area contributed by atoms with E-state index in [9.17, 15) is 5.11 Å². The summed E-state index contributed by atoms with van der Waals surface area (Å²) in [7, 11) is 3.43. The molecule has 4 heteroatoms. The van der Waals surface area contributed by atoms with Gasteiger partial charge in [0.25, 0.3) is 0 Å². The van der Waals surface area contributed by atoms with Crippen LogP contribution in [0.1, 0.15) is 85.0 Å². The van der Waals surface area contributed by atoms with Crippen LogP contribution in [0.2, 0.25) is 0 Å². The van der Waals surface area contributed by atoms with Crippen molar-refractivity contribution in [2.24, 2.45) is 0 Å². The van der Waals surface area contributed by atoms with Gasteiger partial charge in [0.05, 0.1) is 14.2 Å². The Bertz CT molecular complexity index is 1420. The maximum absolute atomic E-state index is 10.9. The van der Waals surface area contributed by atoms with Crippen LogP contribution in [0, 0.1) is 27.7 Å². The number of aromatic hydroxyl groups is 1. The van der Waals surface area contributed by atoms with Crippen molar-refractivity contribution in [2.45, 2.75) is 90.9 Å². The summed E-state index contributed by atoms with van der Waals surface area (Å²) in [6, 6.07) is 10.9. The molecule has 0 aliphatic heterocycles. The maximum Gasteiger partial charge on any atom is 0.172 e. The van der Waals surface area contributed by atoms with Crippen LogP contribution in [0.25, 0.3) is 0 Å². The molecular formula is C34H42O4. The van der Waals surface area contributed by atoms with Gasteiger partial charge in [-0.05, 0) is 127 Å². The molecule has 0 radical (unpaired) electrons. The van der Waals surface area contributed by atoms with E-state index in [2.05, 4.69) is 65.0 Å². The van der Waals surface area contributed by atoms with Crippen LogP contribution in [0.4, 0.5) is 0 Å². The monoisotopic (exact) mass is 514 g/mol. The summed E-state index contributed by atoms with van der Waals surface area (Å²) in [4.78, 5) is 0. The van der Waals surface area contributed by atoms with Crippen molar-refractivity contribution in [3.05, 3.63) is 74.8 Å². The van der Waals surface area contributed by atoms with Gasteiger partial charge < -0.3 is 19.3 Å². The lowest BCUT2D eigenvalue weighted by Crippen LogP contribution is -2.41. The second-order valence-electron chi connectivity index (χ2n) is 12.9. The third-order valence-corrected chi connectivity index (χ3v) is 9.54. The Balaban J connectivity index is 1.57. The molecule has 0 saturated heterocycles. The Morgan fingerprint density at radius 3 is 1.84 bits per heavy atom. The molecule has 1 spiro atoms. The van der Waals surface area contributed by atoms with Gasteiger partial charge in [-0.2, -0.15) is 0 Å². The van der Waals surface area contributed by atoms with Crippen LogP contribution >= 0.6 is 0 Å². The van der Waals surface area contributed by atoms with Crippen molar-refractivity contribution in [3.63, 3.8) is 0 Å². The lowest BCUT2D eigenvalue weighted by Gasteiger charge is -2.45. The molecule has 0 aromatic heterocycles. The number of benzene rings is 3. The second kappa shape index (κ2) is 8.69. The van der Waals surface area contributed by atoms with Gasteiger partial charge in [-0.15, -0.1) is 0 Å². The van der Waals surface area contributed by atoms with E-state index in [1.807, 2.05) is 20.8 Å². The molecule has 38 heavy (non-hydrogen) atoms. The van der Waals surface area contributed by atoms with E-state index < -0.39 is 0 Å². The number of hydrogen-bond donors (Lipinski definition) is 1. The minimum absolute atomic E-state index is 0.0251. The first-order chi connectivity index (χ1) is 17.7. The molecular weight excluding hydrogens is 472 g/mol. The van der Waals surface area contributed by atoms with E-state index in [0.717, 1.165) is 58.8 Å². The first-order valence-electron chi connectivity index (χ1n) is 13.6. The van der Waals surface area contributed by atoms with Gasteiger partial charge in [-0.25, -0.2) is 0 Å². The molecule has 0 heterocycles. The van der Waals surface area contributed by atoms with Gasteiger partial charge in [-0.3, -0.25) is 0 Å². The van der Waals surface area contributed by atoms with E-state index in [1.165, 1.54) is 22.3 Å². The number of phenolic OH excluding ortho intramolecular Hbond substituents is 1. The summed E-state index contributed by atoms with van der Waals surface area (Å²) >= 11 is 0. The molecule has 202 valence electrons. The Kier molecular flexibility index (Phi) is 6.05. The normalized spacial score (nSPS) is 20.7. The van der Waals surface area contributed by atoms with E-state index in [1.54, 1.807) is 14.2 Å². The zero-order chi connectivity index (χ0) is 27.8. The fraction of sp³-hybridized carbons (Fsp3) is 0.471. The average Bonchev–Trinajstić information content (AvgIpc) is 3.07. The van der Waals surface area contributed by atoms with Crippen LogP contribution in [-0.2, 0) is 22.7 Å². The Hall–Kier alpha value is -3.14. The first-order valence-corrected chi connectivity index (χ1v) is 13.6. The molecule has 1 unspecified atom stereocenters. The Labute approximate surface area is 228 Å². The Morgan fingerprint density at radius 1 is 0.684 bits per heavy atom. The zero-order valence-electron chi connectivity index (χ0n) is 24.7. The minimum atomic E-state index is -0.0615. The van der Waals surface area contributed by atoms with Crippen molar-refractivity contribution >= 4 is 0 Å². The van der Waals surface area contributed by atoms with Gasteiger partial charge in [0, 0.05) is 5.41 Å². The van der Waals surface area contributed by atoms with Crippen LogP contribution in [-0.4, -0.2) is 19.3 Å². The highest BCUT2D eigenvalue weighted by Gasteiger charge is 2.53. The van der Waals surface area contributed by atoms with E-state index in [0.29, 0.717) is 5.75 Å². The zero-order valence-corrected chi connectivity index (χ0v) is 24.7. The highest BCUT2D eigenvalue weighted by atomic mass is 16.5. The molecule has 0 fully saturated rings. The van der Waals surface area contributed by atoms with E-state index >= 15 is 0 Å². The molecule has 4 nitrogen and oxygen atoms in total. The first kappa shape index (κ1) is 26.5. The van der Waals surface area contributed by atoms with Crippen molar-refractivity contribution in [1.82, 2.24) is 0 Å². The number of phenols is 1. The van der Waals surface area contributed by atoms with Crippen LogP contribution in [0.5, 0.6) is 28.7 Å². The van der Waals surface area contributed by atoms with Crippen molar-refractivity contribution in [3.8, 4) is 28.7 Å². The summed E-state index contributed by atoms with van der Waals surface area (Å²) in [6.45, 7) is 17.5. The van der Waals surface area contributed by atoms with Gasteiger partial charge in [0.1, 0.15) is 5.75 Å². The second-order valence-corrected chi connectivity index (χ2v) is 12.9. The van der Waals surface area contributed by atoms with Crippen molar-refractivity contribution in [1.29, 1.82) is 0 Å². The van der Waals surface area contributed by atoms with Crippen LogP contribution < -0.4 is 14.2 Å². The lowest BCUT2D eigenvalue weighted by atomic mass is 9.58. The highest BCUT2D eigenvalue weighted by molar-refractivity contribution is 5.60. The predicted molar refractivity (Wildman–Crippen MR) is 154 cm³/mol. The maximum atomic E-state index is 10.9. The van der Waals surface area contributed by atoms with E-state index in [4.69, 9.17) is 14.2 Å². The summed E-state index contributed by atoms with van der Waals surface area (Å²) < 4.78 is 17.8. The number of hydrogen-bond acceptors (Lipinski definition) is 4. The molecule has 0 bridgehead atoms. The minimum Gasteiger partial charge on any atom is -0.504 e. The largest absolute Gasteiger partial charge is 0.504 e. The number of fused-ring (bicyclic) bond motifs is 3. The smallest absolute Gasteiger partial charge is 0.172 e. The highest BCUT2D eigenvalue weighted by Crippen LogP contribution is 2.60. The fourth-order valence-corrected chi connectivity index (χ4v) is 7.50. The van der Waals surface area contributed by atoms with Crippen molar-refractivity contribution < 1.29 is 19.3 Å². The molecule has 0 amide bonds. The molecule has 5 rings (SSSR count). The predicted octanol–water partition coefficient (Wildman–Crippen LogP) is 8.28. The summed E-state index contributed by atoms with van der Waals surface area (Å²) in [5.41, 5.74) is 9.58. The summed E-state index contributed by atoms with van der Waals surface area (Å²) in [5, 5.41) is 10.9. The Morgan fingerprint density at radius 2 is 1.24 bits per heavy atom. The molecule has 1 atom stereocenters. The topological polar surface area (TPSA) is 47.9 Å². The van der Waals surface area contributed by atoms with Gasteiger partial charge in [0.15, 0.2) is 23.0 Å². The van der Waals surface area contributed by atoms with Crippen LogP contribution in [0.3, 0.4) is 0 Å². The average molecular weight is 515 g/mol. The SMILES string of the molecule is COc1cc2c(cc1OC)C1(Cc3ccc(Oc4c(C)c(C)c(C)c(C)c4O)cc3C(C)(C)C1)CC2(C)C. The summed E-state index contributed by atoms with van der Waals surface area (Å²) in [6.07, 6.45) is 3.10. The number of rotatable bonds is 4. The quantitative estimate of drug-likeness (QED) is 0.381. The molecule has 3 aromatic rings. The third-order valence-electron chi connectivity index (χ3n) is 9.54. The lowest BCUT2D eigenvalue weighted by molar-refractivity contribution is 0.244. The molecule has 3 aromatic carbocycles. The number of methoxy groups -OCH3 is 2. The molecule has 0 saturated carbocycles. The third kappa shape index (κ3) is 3.87. The molecule has 2 aliphatic carbocycles. The fourth-order valence-electron chi connectivity index (χ4n) is 7.50. The van der Waals surface area contributed by atoms with Crippen LogP contribution in [0.15, 0.2) is 30.3 Å². The van der Waals surface area contributed by atoms with Crippen molar-refractivity contribution in [2.75, 3.05) is 14.2 Å². The van der Waals surface area contributed by atoms with Gasteiger partial charge >= 0.3 is 0 Å². The number of ether oxygens (including phenoxy) is 3. The summed E-state index contributed by atoms with van der Waals surface area (Å²) in [5.74, 6) is 3.16. The molecule has 2 aliphatic rings. The van der Waals surface area contributed by atoms with E-state index in [-0.39, 0.29) is 22.0 Å². The standard InChI is InChI=1S/C34H42O4/c1-19-20(2)22(4)31(30(35)21(19)3)38-24-12-11-23-16-34(17-32(5,6)25(23)13-24)18-33(7,8)26-14-28(36-9)29(37-10)15-27(26)34/h11-15,35H,16-18H2,1-10H3. The van der Waals surface area contributed by atoms with Gasteiger partial charge in [-0.1, -0.05) is 33.8 Å². The molecule has 1 N–H and O–H groups in total. The van der Waals surface area contributed by atoms with Gasteiger partial charge in [0.2, 0.25) is 0 Å².